The van der Waals surface area contributed by atoms with Gasteiger partial charge in [-0.25, -0.2) is 0 Å². The Kier molecular flexibility index (Phi) is 2.93. The number of hydrogen-bond donors (Lipinski definition) is 1. The van der Waals surface area contributed by atoms with Crippen molar-refractivity contribution in [3.05, 3.63) is 35.4 Å². The molecule has 1 saturated carbocycles. The normalized spacial score (nSPS) is 24.5. The van der Waals surface area contributed by atoms with Crippen molar-refractivity contribution in [3.8, 4) is 0 Å². The van der Waals surface area contributed by atoms with E-state index in [0.717, 1.165) is 18.5 Å². The average molecular weight is 229 g/mol. The summed E-state index contributed by atoms with van der Waals surface area (Å²) in [6, 6.07) is 5.54. The van der Waals surface area contributed by atoms with E-state index in [2.05, 4.69) is 5.32 Å². The van der Waals surface area contributed by atoms with Crippen LogP contribution < -0.4 is 5.32 Å². The third-order valence-corrected chi connectivity index (χ3v) is 3.06. The molecule has 0 radical (unpaired) electrons. The van der Waals surface area contributed by atoms with Gasteiger partial charge in [-0.3, -0.25) is 0 Å². The van der Waals surface area contributed by atoms with Gasteiger partial charge in [0, 0.05) is 0 Å². The third kappa shape index (κ3) is 2.38. The van der Waals surface area contributed by atoms with Gasteiger partial charge < -0.3 is 5.32 Å². The van der Waals surface area contributed by atoms with Crippen molar-refractivity contribution in [1.82, 2.24) is 5.32 Å². The van der Waals surface area contributed by atoms with E-state index in [1.54, 1.807) is 12.1 Å². The first kappa shape index (κ1) is 11.5. The molecule has 1 aliphatic carbocycles. The maximum Gasteiger partial charge on any atom is 0.416 e. The Hall–Kier alpha value is -1.03. The van der Waals surface area contributed by atoms with Gasteiger partial charge in [0.1, 0.15) is 0 Å². The van der Waals surface area contributed by atoms with Crippen LogP contribution in [-0.2, 0) is 6.18 Å². The van der Waals surface area contributed by atoms with Crippen LogP contribution in [0, 0.1) is 5.92 Å². The summed E-state index contributed by atoms with van der Waals surface area (Å²) in [5, 5.41) is 3.09. The summed E-state index contributed by atoms with van der Waals surface area (Å²) >= 11 is 0. The highest BCUT2D eigenvalue weighted by atomic mass is 19.4. The minimum Gasteiger partial charge on any atom is -0.319 e. The van der Waals surface area contributed by atoms with E-state index in [9.17, 15) is 13.2 Å². The molecule has 2 unspecified atom stereocenters. The van der Waals surface area contributed by atoms with Gasteiger partial charge in [0.2, 0.25) is 0 Å². The van der Waals surface area contributed by atoms with E-state index < -0.39 is 11.7 Å². The fourth-order valence-electron chi connectivity index (χ4n) is 2.06. The van der Waals surface area contributed by atoms with Crippen LogP contribution in [0.3, 0.4) is 0 Å². The molecule has 16 heavy (non-hydrogen) atoms. The van der Waals surface area contributed by atoms with Crippen molar-refractivity contribution >= 4 is 0 Å². The minimum absolute atomic E-state index is 0.440. The Morgan fingerprint density at radius 2 is 1.88 bits per heavy atom. The molecule has 1 aromatic rings. The highest BCUT2D eigenvalue weighted by Crippen LogP contribution is 2.47. The van der Waals surface area contributed by atoms with Gasteiger partial charge in [-0.1, -0.05) is 12.1 Å². The standard InChI is InChI=1S/C12H14F3N/c1-16-7-9-6-11(9)8-2-4-10(5-3-8)12(13,14)15/h2-5,9,11,16H,6-7H2,1H3. The van der Waals surface area contributed by atoms with Gasteiger partial charge in [-0.15, -0.1) is 0 Å². The smallest absolute Gasteiger partial charge is 0.319 e. The molecular formula is C12H14F3N. The predicted octanol–water partition coefficient (Wildman–Crippen LogP) is 3.03. The summed E-state index contributed by atoms with van der Waals surface area (Å²) in [5.74, 6) is 1.02. The summed E-state index contributed by atoms with van der Waals surface area (Å²) in [5.41, 5.74) is 0.454. The van der Waals surface area contributed by atoms with Gasteiger partial charge in [-0.2, -0.15) is 13.2 Å². The molecule has 1 fully saturated rings. The van der Waals surface area contributed by atoms with Crippen molar-refractivity contribution in [2.45, 2.75) is 18.5 Å². The van der Waals surface area contributed by atoms with Crippen molar-refractivity contribution in [1.29, 1.82) is 0 Å². The number of alkyl halides is 3. The fourth-order valence-corrected chi connectivity index (χ4v) is 2.06. The molecule has 4 heteroatoms. The molecule has 0 spiro atoms. The van der Waals surface area contributed by atoms with E-state index in [1.165, 1.54) is 12.1 Å². The number of nitrogens with one attached hydrogen (secondary N) is 1. The van der Waals surface area contributed by atoms with E-state index >= 15 is 0 Å². The van der Waals surface area contributed by atoms with Gasteiger partial charge in [0.15, 0.2) is 0 Å². The van der Waals surface area contributed by atoms with Crippen molar-refractivity contribution in [2.75, 3.05) is 13.6 Å². The predicted molar refractivity (Wildman–Crippen MR) is 56.2 cm³/mol. The molecule has 0 bridgehead atoms. The quantitative estimate of drug-likeness (QED) is 0.840. The average Bonchev–Trinajstić information content (AvgIpc) is 2.97. The summed E-state index contributed by atoms with van der Waals surface area (Å²) in [4.78, 5) is 0. The maximum atomic E-state index is 12.3. The summed E-state index contributed by atoms with van der Waals surface area (Å²) < 4.78 is 37.0. The lowest BCUT2D eigenvalue weighted by atomic mass is 10.1. The van der Waals surface area contributed by atoms with Gasteiger partial charge in [-0.05, 0) is 49.5 Å². The SMILES string of the molecule is CNCC1CC1c1ccc(C(F)(F)F)cc1. The molecule has 88 valence electrons. The first-order valence-corrected chi connectivity index (χ1v) is 5.34. The van der Waals surface area contributed by atoms with Crippen LogP contribution in [0.4, 0.5) is 13.2 Å². The molecule has 0 amide bonds. The first-order chi connectivity index (χ1) is 7.52. The van der Waals surface area contributed by atoms with Gasteiger partial charge in [0.05, 0.1) is 5.56 Å². The Morgan fingerprint density at radius 1 is 1.25 bits per heavy atom. The lowest BCUT2D eigenvalue weighted by Crippen LogP contribution is -2.10. The zero-order valence-corrected chi connectivity index (χ0v) is 9.01. The summed E-state index contributed by atoms with van der Waals surface area (Å²) in [7, 11) is 1.89. The molecule has 0 aliphatic heterocycles. The molecule has 0 aromatic heterocycles. The molecule has 1 aliphatic rings. The van der Waals surface area contributed by atoms with Gasteiger partial charge in [0.25, 0.3) is 0 Å². The van der Waals surface area contributed by atoms with Crippen molar-refractivity contribution in [3.63, 3.8) is 0 Å². The zero-order valence-electron chi connectivity index (χ0n) is 9.01. The van der Waals surface area contributed by atoms with Crippen LogP contribution >= 0.6 is 0 Å². The maximum absolute atomic E-state index is 12.3. The van der Waals surface area contributed by atoms with E-state index in [4.69, 9.17) is 0 Å². The molecule has 1 aromatic carbocycles. The third-order valence-electron chi connectivity index (χ3n) is 3.06. The lowest BCUT2D eigenvalue weighted by Gasteiger charge is -2.07. The van der Waals surface area contributed by atoms with Crippen molar-refractivity contribution in [2.24, 2.45) is 5.92 Å². The Bertz CT molecular complexity index is 356. The first-order valence-electron chi connectivity index (χ1n) is 5.34. The monoisotopic (exact) mass is 229 g/mol. The Morgan fingerprint density at radius 3 is 2.38 bits per heavy atom. The van der Waals surface area contributed by atoms with Crippen LogP contribution in [0.1, 0.15) is 23.5 Å². The van der Waals surface area contributed by atoms with E-state index in [1.807, 2.05) is 7.05 Å². The molecule has 1 N–H and O–H groups in total. The second-order valence-electron chi connectivity index (χ2n) is 4.28. The Labute approximate surface area is 92.7 Å². The van der Waals surface area contributed by atoms with Crippen LogP contribution in [0.2, 0.25) is 0 Å². The number of halogens is 3. The second kappa shape index (κ2) is 4.09. The minimum atomic E-state index is -4.23. The molecule has 2 atom stereocenters. The fraction of sp³-hybridized carbons (Fsp3) is 0.500. The van der Waals surface area contributed by atoms with Crippen molar-refractivity contribution < 1.29 is 13.2 Å². The highest BCUT2D eigenvalue weighted by molar-refractivity contribution is 5.30. The zero-order chi connectivity index (χ0) is 11.8. The van der Waals surface area contributed by atoms with Crippen LogP contribution in [0.5, 0.6) is 0 Å². The summed E-state index contributed by atoms with van der Waals surface area (Å²) in [6.07, 6.45) is -3.15. The van der Waals surface area contributed by atoms with E-state index in [0.29, 0.717) is 11.8 Å². The second-order valence-corrected chi connectivity index (χ2v) is 4.28. The molecule has 0 heterocycles. The van der Waals surface area contributed by atoms with Crippen LogP contribution in [0.15, 0.2) is 24.3 Å². The topological polar surface area (TPSA) is 12.0 Å². The van der Waals surface area contributed by atoms with Crippen LogP contribution in [0.25, 0.3) is 0 Å². The van der Waals surface area contributed by atoms with Gasteiger partial charge >= 0.3 is 6.18 Å². The van der Waals surface area contributed by atoms with Crippen LogP contribution in [-0.4, -0.2) is 13.6 Å². The molecule has 1 nitrogen and oxygen atoms in total. The number of hydrogen-bond acceptors (Lipinski definition) is 1. The molecule has 2 rings (SSSR count). The summed E-state index contributed by atoms with van der Waals surface area (Å²) in [6.45, 7) is 0.936. The lowest BCUT2D eigenvalue weighted by molar-refractivity contribution is -0.137. The number of benzene rings is 1. The largest absolute Gasteiger partial charge is 0.416 e. The highest BCUT2D eigenvalue weighted by Gasteiger charge is 2.38. The molecular weight excluding hydrogens is 215 g/mol. The Balaban J connectivity index is 2.04. The number of rotatable bonds is 3. The molecule has 0 saturated heterocycles. The van der Waals surface area contributed by atoms with E-state index in [-0.39, 0.29) is 0 Å².